The number of nitrogens with one attached hydrogen (secondary N) is 1. The third-order valence-electron chi connectivity index (χ3n) is 4.47. The predicted molar refractivity (Wildman–Crippen MR) is 87.5 cm³/mol. The van der Waals surface area contributed by atoms with E-state index in [9.17, 15) is 4.79 Å². The predicted octanol–water partition coefficient (Wildman–Crippen LogP) is 1.83. The molecule has 0 aliphatic carbocycles. The summed E-state index contributed by atoms with van der Waals surface area (Å²) in [7, 11) is 0. The van der Waals surface area contributed by atoms with Gasteiger partial charge in [-0.15, -0.1) is 0 Å². The molecule has 3 rings (SSSR count). The van der Waals surface area contributed by atoms with Gasteiger partial charge in [0.25, 0.3) is 5.91 Å². The number of fused-ring (bicyclic) bond motifs is 2. The van der Waals surface area contributed by atoms with Crippen LogP contribution in [-0.2, 0) is 13.0 Å². The van der Waals surface area contributed by atoms with E-state index in [0.717, 1.165) is 59.3 Å². The number of amides is 1. The lowest BCUT2D eigenvalue weighted by Crippen LogP contribution is -2.36. The number of aromatic nitrogens is 1. The van der Waals surface area contributed by atoms with Gasteiger partial charge >= 0.3 is 0 Å². The monoisotopic (exact) mass is 298 g/mol. The molecule has 1 aromatic carbocycles. The first kappa shape index (κ1) is 14.9. The fraction of sp³-hybridized carbons (Fsp3) is 0.412. The molecule has 0 bridgehead atoms. The van der Waals surface area contributed by atoms with Crippen LogP contribution in [0.2, 0.25) is 0 Å². The van der Waals surface area contributed by atoms with E-state index < -0.39 is 0 Å². The van der Waals surface area contributed by atoms with Crippen molar-refractivity contribution in [2.75, 3.05) is 13.1 Å². The maximum absolute atomic E-state index is 12.4. The summed E-state index contributed by atoms with van der Waals surface area (Å²) in [4.78, 5) is 19.6. The highest BCUT2D eigenvalue weighted by atomic mass is 16.2. The zero-order valence-corrected chi connectivity index (χ0v) is 13.4. The number of pyridine rings is 1. The van der Waals surface area contributed by atoms with Crippen LogP contribution in [0.25, 0.3) is 10.9 Å². The van der Waals surface area contributed by atoms with Crippen molar-refractivity contribution in [3.63, 3.8) is 0 Å². The molecule has 22 heavy (non-hydrogen) atoms. The smallest absolute Gasteiger partial charge is 0.266 e. The van der Waals surface area contributed by atoms with E-state index in [1.165, 1.54) is 0 Å². The van der Waals surface area contributed by atoms with Crippen LogP contribution in [0.5, 0.6) is 0 Å². The first-order valence-electron chi connectivity index (χ1n) is 7.71. The van der Waals surface area contributed by atoms with E-state index in [1.807, 2.05) is 13.0 Å². The van der Waals surface area contributed by atoms with Crippen molar-refractivity contribution in [1.82, 2.24) is 15.3 Å². The summed E-state index contributed by atoms with van der Waals surface area (Å²) in [6.07, 6.45) is 0.872. The molecule has 5 nitrogen and oxygen atoms in total. The van der Waals surface area contributed by atoms with Crippen LogP contribution in [0.4, 0.5) is 0 Å². The van der Waals surface area contributed by atoms with Crippen molar-refractivity contribution in [3.05, 3.63) is 40.1 Å². The van der Waals surface area contributed by atoms with Gasteiger partial charge in [0.15, 0.2) is 0 Å². The summed E-state index contributed by atoms with van der Waals surface area (Å²) in [5.74, 6) is 5.21. The van der Waals surface area contributed by atoms with E-state index in [2.05, 4.69) is 30.2 Å². The second-order valence-corrected chi connectivity index (χ2v) is 5.98. The number of nitrogens with zero attached hydrogens (tertiary/aromatic N) is 2. The number of aryl methyl sites for hydroxylation is 2. The zero-order chi connectivity index (χ0) is 15.9. The molecular weight excluding hydrogens is 276 g/mol. The van der Waals surface area contributed by atoms with Gasteiger partial charge < -0.3 is 0 Å². The number of carbonyl (C=O) groups is 1. The highest BCUT2D eigenvalue weighted by Crippen LogP contribution is 2.30. The lowest BCUT2D eigenvalue weighted by atomic mass is 9.92. The number of benzene rings is 1. The zero-order valence-electron chi connectivity index (χ0n) is 13.4. The van der Waals surface area contributed by atoms with Crippen LogP contribution in [0.1, 0.15) is 39.7 Å². The Bertz CT molecular complexity index is 754. The van der Waals surface area contributed by atoms with Crippen LogP contribution >= 0.6 is 0 Å². The summed E-state index contributed by atoms with van der Waals surface area (Å²) in [5.41, 5.74) is 8.17. The Balaban J connectivity index is 2.34. The third-order valence-corrected chi connectivity index (χ3v) is 4.47. The van der Waals surface area contributed by atoms with E-state index in [4.69, 9.17) is 10.8 Å². The standard InChI is InChI=1S/C17H22N4O/c1-4-21-6-5-13-12(9-21)16(17(22)20-18)15-11(3)7-10(2)8-14(15)19-13/h7-8H,4-6,9,18H2,1-3H3,(H,20,22). The summed E-state index contributed by atoms with van der Waals surface area (Å²) < 4.78 is 0. The summed E-state index contributed by atoms with van der Waals surface area (Å²) in [5, 5.41) is 0.922. The Morgan fingerprint density at radius 3 is 2.86 bits per heavy atom. The second kappa shape index (κ2) is 5.66. The SMILES string of the molecule is CCN1CCc2nc3cc(C)cc(C)c3c(C(=O)NN)c2C1. The molecule has 1 amide bonds. The molecule has 2 aromatic rings. The molecule has 3 N–H and O–H groups in total. The molecule has 1 aromatic heterocycles. The molecule has 1 aliphatic rings. The summed E-state index contributed by atoms with van der Waals surface area (Å²) in [6.45, 7) is 8.91. The van der Waals surface area contributed by atoms with Gasteiger partial charge in [-0.2, -0.15) is 0 Å². The van der Waals surface area contributed by atoms with Gasteiger partial charge in [0.05, 0.1) is 11.1 Å². The Hall–Kier alpha value is -1.98. The van der Waals surface area contributed by atoms with Crippen LogP contribution in [-0.4, -0.2) is 28.9 Å². The lowest BCUT2D eigenvalue weighted by Gasteiger charge is -2.29. The third kappa shape index (κ3) is 2.36. The molecule has 116 valence electrons. The van der Waals surface area contributed by atoms with Crippen molar-refractivity contribution >= 4 is 16.8 Å². The molecule has 2 heterocycles. The molecule has 5 heteroatoms. The summed E-state index contributed by atoms with van der Waals surface area (Å²) >= 11 is 0. The van der Waals surface area contributed by atoms with Crippen molar-refractivity contribution in [3.8, 4) is 0 Å². The van der Waals surface area contributed by atoms with Crippen molar-refractivity contribution in [1.29, 1.82) is 0 Å². The fourth-order valence-corrected chi connectivity index (χ4v) is 3.40. The van der Waals surface area contributed by atoms with Gasteiger partial charge in [-0.05, 0) is 37.6 Å². The van der Waals surface area contributed by atoms with Crippen LogP contribution in [0.3, 0.4) is 0 Å². The normalized spacial score (nSPS) is 14.9. The molecule has 0 saturated carbocycles. The van der Waals surface area contributed by atoms with Crippen molar-refractivity contribution < 1.29 is 4.79 Å². The van der Waals surface area contributed by atoms with Gasteiger partial charge in [-0.1, -0.05) is 13.0 Å². The molecule has 0 saturated heterocycles. The minimum atomic E-state index is -0.228. The number of carbonyl (C=O) groups excluding carboxylic acids is 1. The average molecular weight is 298 g/mol. The maximum atomic E-state index is 12.4. The second-order valence-electron chi connectivity index (χ2n) is 5.98. The number of nitrogens with two attached hydrogens (primary N) is 1. The largest absolute Gasteiger partial charge is 0.299 e. The van der Waals surface area contributed by atoms with E-state index in [-0.39, 0.29) is 5.91 Å². The van der Waals surface area contributed by atoms with Crippen molar-refractivity contribution in [2.45, 2.75) is 33.7 Å². The van der Waals surface area contributed by atoms with Crippen molar-refractivity contribution in [2.24, 2.45) is 5.84 Å². The molecule has 0 unspecified atom stereocenters. The van der Waals surface area contributed by atoms with Gasteiger partial charge in [-0.25, -0.2) is 5.84 Å². The van der Waals surface area contributed by atoms with Gasteiger partial charge in [0.2, 0.25) is 0 Å². The lowest BCUT2D eigenvalue weighted by molar-refractivity contribution is 0.0952. The van der Waals surface area contributed by atoms with E-state index >= 15 is 0 Å². The number of likely N-dealkylation sites (N-methyl/N-ethyl adjacent to an activating group) is 1. The van der Waals surface area contributed by atoms with E-state index in [0.29, 0.717) is 5.56 Å². The highest BCUT2D eigenvalue weighted by molar-refractivity contribution is 6.08. The van der Waals surface area contributed by atoms with Gasteiger partial charge in [-0.3, -0.25) is 20.1 Å². The van der Waals surface area contributed by atoms with Crippen LogP contribution in [0, 0.1) is 13.8 Å². The Labute approximate surface area is 130 Å². The minimum Gasteiger partial charge on any atom is -0.299 e. The number of nitrogen functional groups attached to an aromatic ring is 1. The fourth-order valence-electron chi connectivity index (χ4n) is 3.40. The van der Waals surface area contributed by atoms with Gasteiger partial charge in [0.1, 0.15) is 0 Å². The van der Waals surface area contributed by atoms with Gasteiger partial charge in [0, 0.05) is 36.2 Å². The Morgan fingerprint density at radius 2 is 2.18 bits per heavy atom. The average Bonchev–Trinajstić information content (AvgIpc) is 2.51. The maximum Gasteiger partial charge on any atom is 0.266 e. The number of rotatable bonds is 2. The molecule has 0 atom stereocenters. The molecule has 0 fully saturated rings. The Morgan fingerprint density at radius 1 is 1.41 bits per heavy atom. The van der Waals surface area contributed by atoms with Crippen LogP contribution in [0.15, 0.2) is 12.1 Å². The molecule has 1 aliphatic heterocycles. The highest BCUT2D eigenvalue weighted by Gasteiger charge is 2.25. The molecule has 0 spiro atoms. The molecular formula is C17H22N4O. The minimum absolute atomic E-state index is 0.228. The van der Waals surface area contributed by atoms with E-state index in [1.54, 1.807) is 0 Å². The summed E-state index contributed by atoms with van der Waals surface area (Å²) in [6, 6.07) is 4.13. The quantitative estimate of drug-likeness (QED) is 0.504. The number of hydrogen-bond donors (Lipinski definition) is 2. The first-order valence-corrected chi connectivity index (χ1v) is 7.71. The topological polar surface area (TPSA) is 71.2 Å². The first-order chi connectivity index (χ1) is 10.5. The number of hydrogen-bond acceptors (Lipinski definition) is 4. The Kier molecular flexibility index (Phi) is 3.85. The van der Waals surface area contributed by atoms with Crippen LogP contribution < -0.4 is 11.3 Å². The number of hydrazine groups is 1. The molecule has 0 radical (unpaired) electrons.